The van der Waals surface area contributed by atoms with E-state index in [1.54, 1.807) is 36.4 Å². The highest BCUT2D eigenvalue weighted by Gasteiger charge is 2.53. The van der Waals surface area contributed by atoms with E-state index < -0.39 is 21.8 Å². The summed E-state index contributed by atoms with van der Waals surface area (Å²) in [7, 11) is -3.81. The number of aromatic nitrogens is 2. The summed E-state index contributed by atoms with van der Waals surface area (Å²) in [6.07, 6.45) is 5.39. The zero-order valence-corrected chi connectivity index (χ0v) is 20.5. The Balaban J connectivity index is 1.41. The second-order valence-corrected chi connectivity index (χ2v) is 11.5. The molecule has 1 saturated heterocycles. The number of rotatable bonds is 5. The molecule has 35 heavy (non-hydrogen) atoms. The standard InChI is InChI=1S/C25H25ClN4O4S/c26-19-7-2-15(3-8-19)12-17-14-22(27)30-35(31,32)21-9-4-16(13-20(17)21)23-28-29-24(34-23)25(18-5-6-18)10-1-11-33-25/h2-4,7-9,13-14,18,22,30H,1,5-6,10-12,27H2/t22-,25?/m1/s1. The van der Waals surface area contributed by atoms with Crippen molar-refractivity contribution in [2.75, 3.05) is 6.61 Å². The Bertz CT molecular complexity index is 1410. The summed E-state index contributed by atoms with van der Waals surface area (Å²) >= 11 is 6.04. The van der Waals surface area contributed by atoms with E-state index in [1.807, 2.05) is 12.1 Å². The van der Waals surface area contributed by atoms with Crippen molar-refractivity contribution in [3.63, 3.8) is 0 Å². The number of nitrogens with zero attached hydrogens (tertiary/aromatic N) is 2. The monoisotopic (exact) mass is 512 g/mol. The van der Waals surface area contributed by atoms with Crippen LogP contribution < -0.4 is 10.5 Å². The van der Waals surface area contributed by atoms with Crippen molar-refractivity contribution >= 4 is 27.2 Å². The van der Waals surface area contributed by atoms with Gasteiger partial charge in [-0.15, -0.1) is 10.2 Å². The lowest BCUT2D eigenvalue weighted by molar-refractivity contribution is -0.0400. The predicted octanol–water partition coefficient (Wildman–Crippen LogP) is 4.01. The maximum absolute atomic E-state index is 13.0. The second-order valence-electron chi connectivity index (χ2n) is 9.38. The first-order valence-corrected chi connectivity index (χ1v) is 13.6. The second kappa shape index (κ2) is 8.53. The van der Waals surface area contributed by atoms with Crippen molar-refractivity contribution in [2.24, 2.45) is 11.7 Å². The lowest BCUT2D eigenvalue weighted by atomic mass is 9.94. The maximum Gasteiger partial charge on any atom is 0.248 e. The molecule has 10 heteroatoms. The summed E-state index contributed by atoms with van der Waals surface area (Å²) in [5, 5.41) is 9.30. The molecule has 0 spiro atoms. The van der Waals surface area contributed by atoms with E-state index in [-0.39, 0.29) is 4.90 Å². The van der Waals surface area contributed by atoms with Crippen LogP contribution in [0.4, 0.5) is 0 Å². The van der Waals surface area contributed by atoms with Crippen molar-refractivity contribution < 1.29 is 17.6 Å². The normalized spacial score (nSPS) is 25.7. The van der Waals surface area contributed by atoms with Gasteiger partial charge in [-0.1, -0.05) is 23.7 Å². The summed E-state index contributed by atoms with van der Waals surface area (Å²) < 4.78 is 40.8. The number of nitrogens with two attached hydrogens (primary N) is 1. The molecule has 182 valence electrons. The fraction of sp³-hybridized carbons (Fsp3) is 0.360. The van der Waals surface area contributed by atoms with Gasteiger partial charge in [0.05, 0.1) is 11.1 Å². The van der Waals surface area contributed by atoms with Gasteiger partial charge in [-0.25, -0.2) is 8.42 Å². The Labute approximate surface area is 208 Å². The van der Waals surface area contributed by atoms with E-state index in [0.29, 0.717) is 46.9 Å². The number of allylic oxidation sites excluding steroid dienone is 1. The van der Waals surface area contributed by atoms with Crippen molar-refractivity contribution in [1.29, 1.82) is 0 Å². The molecule has 0 bridgehead atoms. The van der Waals surface area contributed by atoms with Crippen LogP contribution in [0.15, 0.2) is 57.9 Å². The number of ether oxygens (including phenoxy) is 1. The molecule has 3 N–H and O–H groups in total. The van der Waals surface area contributed by atoms with Gasteiger partial charge in [-0.3, -0.25) is 0 Å². The van der Waals surface area contributed by atoms with Crippen LogP contribution in [0.3, 0.4) is 0 Å². The average Bonchev–Trinajstić information content (AvgIpc) is 3.38. The molecule has 2 atom stereocenters. The van der Waals surface area contributed by atoms with Crippen LogP contribution in [-0.4, -0.2) is 31.4 Å². The molecule has 3 aliphatic rings. The summed E-state index contributed by atoms with van der Waals surface area (Å²) in [6.45, 7) is 0.691. The first-order valence-electron chi connectivity index (χ1n) is 11.7. The highest BCUT2D eigenvalue weighted by molar-refractivity contribution is 7.89. The Kier molecular flexibility index (Phi) is 5.58. The molecule has 2 aromatic carbocycles. The highest BCUT2D eigenvalue weighted by atomic mass is 35.5. The van der Waals surface area contributed by atoms with Crippen LogP contribution in [0.1, 0.15) is 42.7 Å². The van der Waals surface area contributed by atoms with Crippen LogP contribution in [0, 0.1) is 5.92 Å². The van der Waals surface area contributed by atoms with Crippen molar-refractivity contribution in [3.05, 3.63) is 70.6 Å². The zero-order chi connectivity index (χ0) is 24.2. The summed E-state index contributed by atoms with van der Waals surface area (Å²) in [5.41, 5.74) is 8.54. The molecule has 2 aliphatic heterocycles. The molecule has 3 heterocycles. The van der Waals surface area contributed by atoms with Gasteiger partial charge in [0.2, 0.25) is 21.8 Å². The Morgan fingerprint density at radius 1 is 1.14 bits per heavy atom. The van der Waals surface area contributed by atoms with E-state index in [9.17, 15) is 8.42 Å². The fourth-order valence-electron chi connectivity index (χ4n) is 5.09. The minimum Gasteiger partial charge on any atom is -0.418 e. The number of hydrogen-bond acceptors (Lipinski definition) is 7. The van der Waals surface area contributed by atoms with E-state index >= 15 is 0 Å². The smallest absolute Gasteiger partial charge is 0.248 e. The van der Waals surface area contributed by atoms with Crippen molar-refractivity contribution in [3.8, 4) is 11.5 Å². The molecular formula is C25H25ClN4O4S. The van der Waals surface area contributed by atoms with E-state index in [1.165, 1.54) is 0 Å². The van der Waals surface area contributed by atoms with Crippen LogP contribution in [0.25, 0.3) is 17.0 Å². The van der Waals surface area contributed by atoms with Gasteiger partial charge in [-0.2, -0.15) is 4.72 Å². The third-order valence-electron chi connectivity index (χ3n) is 6.92. The third kappa shape index (κ3) is 4.21. The van der Waals surface area contributed by atoms with E-state index in [2.05, 4.69) is 14.9 Å². The largest absolute Gasteiger partial charge is 0.418 e. The lowest BCUT2D eigenvalue weighted by Gasteiger charge is -2.23. The molecule has 1 aromatic heterocycles. The van der Waals surface area contributed by atoms with Gasteiger partial charge < -0.3 is 14.9 Å². The number of halogens is 1. The van der Waals surface area contributed by atoms with Crippen LogP contribution in [0.5, 0.6) is 0 Å². The first kappa shape index (κ1) is 22.9. The van der Waals surface area contributed by atoms with Gasteiger partial charge in [0.25, 0.3) is 0 Å². The van der Waals surface area contributed by atoms with Gasteiger partial charge in [-0.05, 0) is 91.1 Å². The minimum absolute atomic E-state index is 0.155. The highest BCUT2D eigenvalue weighted by Crippen LogP contribution is 2.53. The van der Waals surface area contributed by atoms with Crippen LogP contribution >= 0.6 is 11.6 Å². The molecule has 0 radical (unpaired) electrons. The number of sulfonamides is 1. The van der Waals surface area contributed by atoms with Gasteiger partial charge in [0, 0.05) is 17.2 Å². The van der Waals surface area contributed by atoms with Crippen LogP contribution in [-0.2, 0) is 26.8 Å². The molecule has 0 amide bonds. The van der Waals surface area contributed by atoms with Crippen LogP contribution in [0.2, 0.25) is 5.02 Å². The maximum atomic E-state index is 13.0. The number of hydrogen-bond donors (Lipinski definition) is 2. The fourth-order valence-corrected chi connectivity index (χ4v) is 6.50. The Hall–Kier alpha value is -2.56. The first-order chi connectivity index (χ1) is 16.8. The lowest BCUT2D eigenvalue weighted by Crippen LogP contribution is -2.39. The topological polar surface area (TPSA) is 120 Å². The SMILES string of the molecule is N[C@H]1C=C(Cc2ccc(Cl)cc2)c2cc(-c3nnc(C4(C5CC5)CCCO4)o3)ccc2S(=O)(=O)N1. The molecule has 6 rings (SSSR count). The van der Waals surface area contributed by atoms with Gasteiger partial charge in [0.1, 0.15) is 5.60 Å². The molecule has 8 nitrogen and oxygen atoms in total. The van der Waals surface area contributed by atoms with Crippen molar-refractivity contribution in [1.82, 2.24) is 14.9 Å². The Morgan fingerprint density at radius 3 is 2.66 bits per heavy atom. The Morgan fingerprint density at radius 2 is 1.94 bits per heavy atom. The quantitative estimate of drug-likeness (QED) is 0.529. The van der Waals surface area contributed by atoms with E-state index in [0.717, 1.165) is 36.8 Å². The molecule has 1 unspecified atom stereocenters. The zero-order valence-electron chi connectivity index (χ0n) is 18.9. The number of nitrogens with one attached hydrogen (secondary N) is 1. The number of fused-ring (bicyclic) bond motifs is 1. The van der Waals surface area contributed by atoms with Gasteiger partial charge >= 0.3 is 0 Å². The summed E-state index contributed by atoms with van der Waals surface area (Å²) in [4.78, 5) is 0.155. The molecule has 1 aliphatic carbocycles. The third-order valence-corrected chi connectivity index (χ3v) is 8.69. The summed E-state index contributed by atoms with van der Waals surface area (Å²) in [6, 6.07) is 12.5. The average molecular weight is 513 g/mol. The molecular weight excluding hydrogens is 488 g/mol. The molecule has 2 fully saturated rings. The van der Waals surface area contributed by atoms with Crippen molar-refractivity contribution in [2.45, 2.75) is 48.8 Å². The number of benzene rings is 2. The molecule has 3 aromatic rings. The summed E-state index contributed by atoms with van der Waals surface area (Å²) in [5.74, 6) is 1.26. The predicted molar refractivity (Wildman–Crippen MR) is 131 cm³/mol. The van der Waals surface area contributed by atoms with E-state index in [4.69, 9.17) is 26.5 Å². The van der Waals surface area contributed by atoms with Gasteiger partial charge in [0.15, 0.2) is 0 Å². The minimum atomic E-state index is -3.81. The molecule has 1 saturated carbocycles.